The normalized spacial score (nSPS) is 34.5. The zero-order valence-corrected chi connectivity index (χ0v) is 21.8. The molecule has 1 amide bonds. The zero-order valence-electron chi connectivity index (χ0n) is 21.0. The van der Waals surface area contributed by atoms with Crippen molar-refractivity contribution in [2.75, 3.05) is 19.6 Å². The highest BCUT2D eigenvalue weighted by molar-refractivity contribution is 6.29. The Bertz CT molecular complexity index is 1090. The number of piperidine rings is 1. The zero-order chi connectivity index (χ0) is 24.7. The summed E-state index contributed by atoms with van der Waals surface area (Å²) in [6.07, 6.45) is 8.60. The van der Waals surface area contributed by atoms with Crippen LogP contribution < -0.4 is 5.32 Å². The highest BCUT2D eigenvalue weighted by Gasteiger charge is 2.52. The number of nitrogens with one attached hydrogen (secondary N) is 1. The van der Waals surface area contributed by atoms with Crippen molar-refractivity contribution in [2.45, 2.75) is 81.3 Å². The number of rotatable bonds is 3. The summed E-state index contributed by atoms with van der Waals surface area (Å²) in [5.74, 6) is 1.22. The van der Waals surface area contributed by atoms with Gasteiger partial charge in [-0.1, -0.05) is 48.0 Å². The van der Waals surface area contributed by atoms with E-state index in [0.717, 1.165) is 83.1 Å². The molecule has 1 spiro atoms. The van der Waals surface area contributed by atoms with Crippen molar-refractivity contribution in [2.24, 2.45) is 11.8 Å². The van der Waals surface area contributed by atoms with Gasteiger partial charge < -0.3 is 15.3 Å². The van der Waals surface area contributed by atoms with Crippen molar-refractivity contribution >= 4 is 17.5 Å². The van der Waals surface area contributed by atoms with Gasteiger partial charge in [-0.3, -0.25) is 4.79 Å². The summed E-state index contributed by atoms with van der Waals surface area (Å²) in [6.45, 7) is 2.39. The maximum atomic E-state index is 14.5. The first-order valence-corrected chi connectivity index (χ1v) is 14.3. The van der Waals surface area contributed by atoms with Gasteiger partial charge in [0.25, 0.3) is 0 Å². The van der Waals surface area contributed by atoms with Crippen LogP contribution in [0.4, 0.5) is 0 Å². The monoisotopic (exact) mass is 507 g/mol. The standard InChI is InChI=1S/C30H38ClN3O2/c31-28-13-12-24-26(33-28)7-4-15-30(24)19-32-18-25(30)29(36)34-16-14-22(20-5-2-1-3-6-20)17-27(34)21-8-10-23(35)11-9-21/h1-3,5-6,12-13,21-23,25,27,32,35H,4,7-11,14-19H2/t21?,22?,23?,25?,27?,30-/m0/s1. The molecule has 3 heterocycles. The van der Waals surface area contributed by atoms with Gasteiger partial charge in [0.05, 0.1) is 12.0 Å². The van der Waals surface area contributed by atoms with Gasteiger partial charge in [-0.05, 0) is 86.8 Å². The molecule has 4 aliphatic rings. The molecule has 3 fully saturated rings. The van der Waals surface area contributed by atoms with Gasteiger partial charge in [-0.15, -0.1) is 0 Å². The predicted octanol–water partition coefficient (Wildman–Crippen LogP) is 4.85. The first-order chi connectivity index (χ1) is 17.5. The van der Waals surface area contributed by atoms with Crippen LogP contribution in [0.5, 0.6) is 0 Å². The molecule has 6 heteroatoms. The molecule has 1 aromatic heterocycles. The van der Waals surface area contributed by atoms with Gasteiger partial charge in [0.2, 0.25) is 5.91 Å². The van der Waals surface area contributed by atoms with Crippen LogP contribution in [-0.2, 0) is 16.6 Å². The first kappa shape index (κ1) is 24.4. The van der Waals surface area contributed by atoms with Gasteiger partial charge in [0.1, 0.15) is 5.15 Å². The molecule has 2 N–H and O–H groups in total. The van der Waals surface area contributed by atoms with E-state index in [1.165, 1.54) is 11.1 Å². The average molecular weight is 508 g/mol. The summed E-state index contributed by atoms with van der Waals surface area (Å²) < 4.78 is 0. The second-order valence-corrected chi connectivity index (χ2v) is 12.0. The lowest BCUT2D eigenvalue weighted by atomic mass is 9.64. The lowest BCUT2D eigenvalue weighted by Gasteiger charge is -2.48. The molecule has 2 aliphatic heterocycles. The summed E-state index contributed by atoms with van der Waals surface area (Å²) in [5, 5.41) is 14.3. The number of fused-ring (bicyclic) bond motifs is 2. The Morgan fingerprint density at radius 2 is 1.89 bits per heavy atom. The van der Waals surface area contributed by atoms with Crippen LogP contribution >= 0.6 is 11.6 Å². The minimum Gasteiger partial charge on any atom is -0.393 e. The molecule has 2 aromatic rings. The summed E-state index contributed by atoms with van der Waals surface area (Å²) in [4.78, 5) is 21.4. The van der Waals surface area contributed by atoms with Crippen LogP contribution in [0.25, 0.3) is 0 Å². The molecule has 0 bridgehead atoms. The number of hydrogen-bond acceptors (Lipinski definition) is 4. The van der Waals surface area contributed by atoms with E-state index in [2.05, 4.69) is 51.6 Å². The third-order valence-electron chi connectivity index (χ3n) is 9.75. The number of amides is 1. The van der Waals surface area contributed by atoms with Crippen molar-refractivity contribution in [1.82, 2.24) is 15.2 Å². The Morgan fingerprint density at radius 3 is 2.69 bits per heavy atom. The summed E-state index contributed by atoms with van der Waals surface area (Å²) in [5.41, 5.74) is 3.52. The Morgan fingerprint density at radius 1 is 1.08 bits per heavy atom. The van der Waals surface area contributed by atoms with Crippen LogP contribution in [0.1, 0.15) is 74.1 Å². The highest BCUT2D eigenvalue weighted by atomic mass is 35.5. The number of pyridine rings is 1. The van der Waals surface area contributed by atoms with Crippen molar-refractivity contribution in [3.8, 4) is 0 Å². The van der Waals surface area contributed by atoms with E-state index >= 15 is 0 Å². The first-order valence-electron chi connectivity index (χ1n) is 14.0. The van der Waals surface area contributed by atoms with Gasteiger partial charge >= 0.3 is 0 Å². The SMILES string of the molecule is O=C(C1CNC[C@]12CCCc1nc(Cl)ccc12)N1CCC(c2ccccc2)CC1C1CCC(O)CC1. The van der Waals surface area contributed by atoms with E-state index in [1.807, 2.05) is 6.07 Å². The maximum absolute atomic E-state index is 14.5. The van der Waals surface area contributed by atoms with Gasteiger partial charge in [-0.2, -0.15) is 0 Å². The molecule has 6 rings (SSSR count). The fraction of sp³-hybridized carbons (Fsp3) is 0.600. The number of halogens is 1. The fourth-order valence-corrected chi connectivity index (χ4v) is 8.05. The number of likely N-dealkylation sites (tertiary alicyclic amines) is 1. The molecule has 4 atom stereocenters. The molecule has 3 unspecified atom stereocenters. The molecular formula is C30H38ClN3O2. The van der Waals surface area contributed by atoms with Crippen LogP contribution in [0.3, 0.4) is 0 Å². The van der Waals surface area contributed by atoms with Crippen LogP contribution in [0.15, 0.2) is 42.5 Å². The number of aryl methyl sites for hydroxylation is 1. The molecule has 2 saturated heterocycles. The van der Waals surface area contributed by atoms with Crippen LogP contribution in [0, 0.1) is 11.8 Å². The molecule has 1 saturated carbocycles. The van der Waals surface area contributed by atoms with E-state index in [9.17, 15) is 9.90 Å². The van der Waals surface area contributed by atoms with Crippen molar-refractivity contribution < 1.29 is 9.90 Å². The number of aliphatic hydroxyl groups excluding tert-OH is 1. The number of hydrogen-bond donors (Lipinski definition) is 2. The molecule has 2 aliphatic carbocycles. The number of benzene rings is 1. The largest absolute Gasteiger partial charge is 0.393 e. The van der Waals surface area contributed by atoms with Gasteiger partial charge in [-0.25, -0.2) is 4.98 Å². The van der Waals surface area contributed by atoms with Gasteiger partial charge in [0, 0.05) is 36.8 Å². The quantitative estimate of drug-likeness (QED) is 0.582. The van der Waals surface area contributed by atoms with E-state index in [-0.39, 0.29) is 23.5 Å². The van der Waals surface area contributed by atoms with Crippen molar-refractivity contribution in [1.29, 1.82) is 0 Å². The van der Waals surface area contributed by atoms with Crippen molar-refractivity contribution in [3.63, 3.8) is 0 Å². The highest BCUT2D eigenvalue weighted by Crippen LogP contribution is 2.47. The summed E-state index contributed by atoms with van der Waals surface area (Å²) in [6, 6.07) is 15.1. The molecule has 36 heavy (non-hydrogen) atoms. The van der Waals surface area contributed by atoms with Crippen LogP contribution in [-0.4, -0.2) is 52.7 Å². The molecule has 0 radical (unpaired) electrons. The third-order valence-corrected chi connectivity index (χ3v) is 9.96. The van der Waals surface area contributed by atoms with E-state index < -0.39 is 0 Å². The summed E-state index contributed by atoms with van der Waals surface area (Å²) >= 11 is 6.25. The second kappa shape index (κ2) is 10.1. The van der Waals surface area contributed by atoms with Crippen molar-refractivity contribution in [3.05, 3.63) is 64.4 Å². The Hall–Kier alpha value is -1.95. The lowest BCUT2D eigenvalue weighted by molar-refractivity contribution is -0.143. The van der Waals surface area contributed by atoms with E-state index in [4.69, 9.17) is 11.6 Å². The summed E-state index contributed by atoms with van der Waals surface area (Å²) in [7, 11) is 0. The number of nitrogens with zero attached hydrogens (tertiary/aromatic N) is 2. The minimum atomic E-state index is -0.189. The molecule has 192 valence electrons. The second-order valence-electron chi connectivity index (χ2n) is 11.6. The number of carbonyl (C=O) groups is 1. The number of aromatic nitrogens is 1. The molecule has 1 aromatic carbocycles. The van der Waals surface area contributed by atoms with E-state index in [1.54, 1.807) is 0 Å². The van der Waals surface area contributed by atoms with Crippen LogP contribution in [0.2, 0.25) is 5.15 Å². The topological polar surface area (TPSA) is 65.5 Å². The predicted molar refractivity (Wildman–Crippen MR) is 142 cm³/mol. The minimum absolute atomic E-state index is 0.0653. The molecular weight excluding hydrogens is 470 g/mol. The fourth-order valence-electron chi connectivity index (χ4n) is 7.88. The van der Waals surface area contributed by atoms with E-state index in [0.29, 0.717) is 22.9 Å². The Kier molecular flexibility index (Phi) is 6.83. The number of aliphatic hydroxyl groups is 1. The molecule has 5 nitrogen and oxygen atoms in total. The lowest BCUT2D eigenvalue weighted by Crippen LogP contribution is -2.55. The third kappa shape index (κ3) is 4.37. The smallest absolute Gasteiger partial charge is 0.228 e. The average Bonchev–Trinajstić information content (AvgIpc) is 3.32. The Balaban J connectivity index is 1.30. The van der Waals surface area contributed by atoms with Gasteiger partial charge in [0.15, 0.2) is 0 Å². The number of carbonyl (C=O) groups excluding carboxylic acids is 1. The maximum Gasteiger partial charge on any atom is 0.228 e. The Labute approximate surface area is 219 Å².